The van der Waals surface area contributed by atoms with Crippen LogP contribution in [-0.4, -0.2) is 68.1 Å². The fraction of sp³-hybridized carbons (Fsp3) is 0.688. The van der Waals surface area contributed by atoms with Gasteiger partial charge in [-0.05, 0) is 19.8 Å². The molecule has 1 N–H and O–H groups in total. The van der Waals surface area contributed by atoms with Crippen LogP contribution in [0.25, 0.3) is 0 Å². The van der Waals surface area contributed by atoms with Crippen molar-refractivity contribution in [2.24, 2.45) is 13.0 Å². The molecular weight excluding hydrogens is 296 g/mol. The van der Waals surface area contributed by atoms with Gasteiger partial charge in [0.1, 0.15) is 5.69 Å². The molecule has 2 saturated heterocycles. The molecule has 0 aliphatic carbocycles. The highest BCUT2D eigenvalue weighted by molar-refractivity contribution is 5.93. The first kappa shape index (κ1) is 16.0. The molecule has 0 bridgehead atoms. The fourth-order valence-corrected chi connectivity index (χ4v) is 3.78. The average molecular weight is 320 g/mol. The highest BCUT2D eigenvalue weighted by atomic mass is 16.3. The number of carbonyl (C=O) groups is 2. The van der Waals surface area contributed by atoms with Crippen LogP contribution in [0.4, 0.5) is 0 Å². The van der Waals surface area contributed by atoms with Gasteiger partial charge in [-0.25, -0.2) is 4.98 Å². The molecule has 0 radical (unpaired) electrons. The summed E-state index contributed by atoms with van der Waals surface area (Å²) in [4.78, 5) is 32.1. The van der Waals surface area contributed by atoms with Gasteiger partial charge in [0, 0.05) is 46.1 Å². The largest absolute Gasteiger partial charge is 0.389 e. The minimum atomic E-state index is -0.760. The molecule has 2 aliphatic rings. The Morgan fingerprint density at radius 1 is 1.26 bits per heavy atom. The highest BCUT2D eigenvalue weighted by Crippen LogP contribution is 2.36. The van der Waals surface area contributed by atoms with Crippen LogP contribution in [0.5, 0.6) is 0 Å². The standard InChI is InChI=1S/C16H24N4O3/c1-11-14(18(3)10-17-11)15(22)20-7-5-16(23)4-6-19(12(2)21)8-13(16)9-20/h10,13,23H,4-9H2,1-3H3/t13-,16-/m0/s1. The van der Waals surface area contributed by atoms with Crippen molar-refractivity contribution < 1.29 is 14.7 Å². The number of amides is 2. The summed E-state index contributed by atoms with van der Waals surface area (Å²) in [5.41, 5.74) is 0.548. The molecule has 1 aromatic rings. The summed E-state index contributed by atoms with van der Waals surface area (Å²) in [6.45, 7) is 5.50. The lowest BCUT2D eigenvalue weighted by Crippen LogP contribution is -2.61. The predicted molar refractivity (Wildman–Crippen MR) is 83.8 cm³/mol. The number of aromatic nitrogens is 2. The number of rotatable bonds is 1. The third-order valence-corrected chi connectivity index (χ3v) is 5.33. The van der Waals surface area contributed by atoms with Gasteiger partial charge in [0.25, 0.3) is 5.91 Å². The van der Waals surface area contributed by atoms with E-state index in [-0.39, 0.29) is 17.7 Å². The second-order valence-corrected chi connectivity index (χ2v) is 6.81. The number of aryl methyl sites for hydroxylation is 2. The normalized spacial score (nSPS) is 27.7. The molecule has 2 fully saturated rings. The van der Waals surface area contributed by atoms with E-state index in [0.717, 1.165) is 0 Å². The molecule has 3 rings (SSSR count). The van der Waals surface area contributed by atoms with Crippen LogP contribution in [0.1, 0.15) is 35.9 Å². The number of imidazole rings is 1. The molecule has 2 aliphatic heterocycles. The summed E-state index contributed by atoms with van der Waals surface area (Å²) in [5.74, 6) is -0.117. The van der Waals surface area contributed by atoms with Crippen LogP contribution in [0.2, 0.25) is 0 Å². The lowest BCUT2D eigenvalue weighted by atomic mass is 9.75. The molecule has 1 aromatic heterocycles. The lowest BCUT2D eigenvalue weighted by molar-refractivity contribution is -0.143. The Kier molecular flexibility index (Phi) is 3.91. The van der Waals surface area contributed by atoms with Crippen molar-refractivity contribution in [3.8, 4) is 0 Å². The Labute approximate surface area is 135 Å². The van der Waals surface area contributed by atoms with E-state index in [1.54, 1.807) is 27.6 Å². The summed E-state index contributed by atoms with van der Waals surface area (Å²) in [6, 6.07) is 0. The number of hydrogen-bond donors (Lipinski definition) is 1. The van der Waals surface area contributed by atoms with Gasteiger partial charge in [-0.15, -0.1) is 0 Å². The summed E-state index contributed by atoms with van der Waals surface area (Å²) in [6.07, 6.45) is 2.79. The SMILES string of the molecule is CC(=O)N1CC[C@]2(O)CCN(C(=O)c3c(C)ncn3C)C[C@@H]2C1. The van der Waals surface area contributed by atoms with E-state index in [2.05, 4.69) is 4.98 Å². The first-order chi connectivity index (χ1) is 10.8. The van der Waals surface area contributed by atoms with E-state index >= 15 is 0 Å². The highest BCUT2D eigenvalue weighted by Gasteiger charge is 2.46. The van der Waals surface area contributed by atoms with Crippen LogP contribution in [0, 0.1) is 12.8 Å². The molecule has 7 nitrogen and oxygen atoms in total. The summed E-state index contributed by atoms with van der Waals surface area (Å²) >= 11 is 0. The van der Waals surface area contributed by atoms with Gasteiger partial charge in [-0.2, -0.15) is 0 Å². The van der Waals surface area contributed by atoms with E-state index in [1.807, 2.05) is 14.0 Å². The van der Waals surface area contributed by atoms with E-state index in [0.29, 0.717) is 50.4 Å². The van der Waals surface area contributed by atoms with Crippen LogP contribution < -0.4 is 0 Å². The van der Waals surface area contributed by atoms with Gasteiger partial charge < -0.3 is 19.5 Å². The molecule has 3 heterocycles. The molecule has 2 atom stereocenters. The number of carbonyl (C=O) groups excluding carboxylic acids is 2. The minimum Gasteiger partial charge on any atom is -0.389 e. The average Bonchev–Trinajstić information content (AvgIpc) is 2.84. The summed E-state index contributed by atoms with van der Waals surface area (Å²) in [7, 11) is 1.81. The molecule has 7 heteroatoms. The van der Waals surface area contributed by atoms with E-state index in [9.17, 15) is 14.7 Å². The maximum absolute atomic E-state index is 12.8. The van der Waals surface area contributed by atoms with Crippen LogP contribution >= 0.6 is 0 Å². The van der Waals surface area contributed by atoms with Crippen LogP contribution in [-0.2, 0) is 11.8 Å². The first-order valence-corrected chi connectivity index (χ1v) is 8.07. The third-order valence-electron chi connectivity index (χ3n) is 5.33. The molecule has 126 valence electrons. The van der Waals surface area contributed by atoms with Gasteiger partial charge in [-0.3, -0.25) is 9.59 Å². The van der Waals surface area contributed by atoms with E-state index in [1.165, 1.54) is 0 Å². The van der Waals surface area contributed by atoms with Crippen molar-refractivity contribution >= 4 is 11.8 Å². The number of nitrogens with zero attached hydrogens (tertiary/aromatic N) is 4. The fourth-order valence-electron chi connectivity index (χ4n) is 3.78. The topological polar surface area (TPSA) is 78.7 Å². The number of hydrogen-bond acceptors (Lipinski definition) is 4. The van der Waals surface area contributed by atoms with Crippen molar-refractivity contribution in [1.29, 1.82) is 0 Å². The second-order valence-electron chi connectivity index (χ2n) is 6.81. The Balaban J connectivity index is 1.77. The zero-order valence-corrected chi connectivity index (χ0v) is 13.9. The third kappa shape index (κ3) is 2.73. The van der Waals surface area contributed by atoms with E-state index in [4.69, 9.17) is 0 Å². The number of fused-ring (bicyclic) bond motifs is 1. The van der Waals surface area contributed by atoms with Crippen molar-refractivity contribution in [3.63, 3.8) is 0 Å². The molecule has 0 aromatic carbocycles. The molecule has 23 heavy (non-hydrogen) atoms. The van der Waals surface area contributed by atoms with Crippen molar-refractivity contribution in [2.75, 3.05) is 26.2 Å². The molecule has 2 amide bonds. The van der Waals surface area contributed by atoms with Gasteiger partial charge in [0.2, 0.25) is 5.91 Å². The number of likely N-dealkylation sites (tertiary alicyclic amines) is 2. The summed E-state index contributed by atoms with van der Waals surface area (Å²) in [5, 5.41) is 10.8. The monoisotopic (exact) mass is 320 g/mol. The first-order valence-electron chi connectivity index (χ1n) is 8.07. The van der Waals surface area contributed by atoms with Gasteiger partial charge in [0.15, 0.2) is 0 Å². The number of aliphatic hydroxyl groups is 1. The Morgan fingerprint density at radius 2 is 1.87 bits per heavy atom. The maximum Gasteiger partial charge on any atom is 0.272 e. The minimum absolute atomic E-state index is 0.0259. The van der Waals surface area contributed by atoms with E-state index < -0.39 is 5.60 Å². The second kappa shape index (κ2) is 5.63. The summed E-state index contributed by atoms with van der Waals surface area (Å²) < 4.78 is 1.74. The van der Waals surface area contributed by atoms with Gasteiger partial charge in [-0.1, -0.05) is 0 Å². The van der Waals surface area contributed by atoms with Crippen molar-refractivity contribution in [1.82, 2.24) is 19.4 Å². The Bertz CT molecular complexity index is 622. The zero-order chi connectivity index (χ0) is 16.8. The van der Waals surface area contributed by atoms with Crippen LogP contribution in [0.3, 0.4) is 0 Å². The van der Waals surface area contributed by atoms with Gasteiger partial charge in [0.05, 0.1) is 17.6 Å². The molecule has 0 saturated carbocycles. The molecule has 0 unspecified atom stereocenters. The van der Waals surface area contributed by atoms with Gasteiger partial charge >= 0.3 is 0 Å². The molecule has 0 spiro atoms. The van der Waals surface area contributed by atoms with Crippen molar-refractivity contribution in [2.45, 2.75) is 32.3 Å². The number of piperidine rings is 2. The maximum atomic E-state index is 12.8. The van der Waals surface area contributed by atoms with Crippen molar-refractivity contribution in [3.05, 3.63) is 17.7 Å². The quantitative estimate of drug-likeness (QED) is 0.800. The predicted octanol–water partition coefficient (Wildman–Crippen LogP) is 0.174. The molecular formula is C16H24N4O3. The Hall–Kier alpha value is -1.89. The van der Waals surface area contributed by atoms with Crippen LogP contribution in [0.15, 0.2) is 6.33 Å². The smallest absolute Gasteiger partial charge is 0.272 e. The zero-order valence-electron chi connectivity index (χ0n) is 13.9. The Morgan fingerprint density at radius 3 is 2.43 bits per heavy atom. The lowest BCUT2D eigenvalue weighted by Gasteiger charge is -2.50.